The minimum atomic E-state index is -0.183. The van der Waals surface area contributed by atoms with E-state index in [2.05, 4.69) is 5.32 Å². The lowest BCUT2D eigenvalue weighted by Crippen LogP contribution is -2.12. The minimum Gasteiger partial charge on any atom is -0.491 e. The molecule has 0 aliphatic rings. The van der Waals surface area contributed by atoms with Crippen LogP contribution in [0.5, 0.6) is 17.2 Å². The zero-order chi connectivity index (χ0) is 19.2. The third-order valence-electron chi connectivity index (χ3n) is 3.65. The van der Waals surface area contributed by atoms with E-state index >= 15 is 0 Å². The van der Waals surface area contributed by atoms with Crippen molar-refractivity contribution in [1.29, 1.82) is 0 Å². The molecule has 0 bridgehead atoms. The molecule has 138 valence electrons. The molecule has 1 amide bonds. The summed E-state index contributed by atoms with van der Waals surface area (Å²) in [6.07, 6.45) is 0.0956. The third-order valence-corrected chi connectivity index (χ3v) is 3.90. The Morgan fingerprint density at radius 3 is 1.89 bits per heavy atom. The van der Waals surface area contributed by atoms with Gasteiger partial charge in [-0.3, -0.25) is 4.79 Å². The topological polar surface area (TPSA) is 47.6 Å². The molecular weight excluding hydrogens is 362 g/mol. The van der Waals surface area contributed by atoms with Gasteiger partial charge in [0, 0.05) is 16.3 Å². The Hall–Kier alpha value is -2.98. The van der Waals surface area contributed by atoms with Crippen LogP contribution in [0.1, 0.15) is 24.2 Å². The van der Waals surface area contributed by atoms with Crippen molar-refractivity contribution >= 4 is 23.2 Å². The minimum absolute atomic E-state index is 0.0956. The number of anilines is 1. The van der Waals surface area contributed by atoms with Crippen molar-refractivity contribution in [2.75, 3.05) is 5.32 Å². The summed E-state index contributed by atoms with van der Waals surface area (Å²) in [4.78, 5) is 12.4. The molecule has 0 heterocycles. The van der Waals surface area contributed by atoms with E-state index in [0.29, 0.717) is 27.8 Å². The van der Waals surface area contributed by atoms with Crippen LogP contribution < -0.4 is 14.8 Å². The van der Waals surface area contributed by atoms with Gasteiger partial charge in [0.1, 0.15) is 17.2 Å². The fourth-order valence-electron chi connectivity index (χ4n) is 2.41. The van der Waals surface area contributed by atoms with Crippen molar-refractivity contribution in [1.82, 2.24) is 0 Å². The second kappa shape index (κ2) is 8.60. The molecule has 0 aliphatic heterocycles. The van der Waals surface area contributed by atoms with Crippen LogP contribution in [-0.2, 0) is 0 Å². The van der Waals surface area contributed by atoms with Gasteiger partial charge in [-0.1, -0.05) is 11.6 Å². The van der Waals surface area contributed by atoms with Gasteiger partial charge in [-0.05, 0) is 86.6 Å². The Morgan fingerprint density at radius 1 is 0.815 bits per heavy atom. The van der Waals surface area contributed by atoms with Crippen molar-refractivity contribution in [3.05, 3.63) is 83.4 Å². The molecule has 4 nitrogen and oxygen atoms in total. The van der Waals surface area contributed by atoms with Gasteiger partial charge in [-0.25, -0.2) is 0 Å². The monoisotopic (exact) mass is 381 g/mol. The van der Waals surface area contributed by atoms with Crippen LogP contribution in [0.25, 0.3) is 0 Å². The van der Waals surface area contributed by atoms with Gasteiger partial charge in [-0.15, -0.1) is 0 Å². The summed E-state index contributed by atoms with van der Waals surface area (Å²) in [7, 11) is 0. The number of hydrogen-bond acceptors (Lipinski definition) is 3. The lowest BCUT2D eigenvalue weighted by Gasteiger charge is -2.11. The van der Waals surface area contributed by atoms with Gasteiger partial charge in [0.15, 0.2) is 0 Å². The predicted molar refractivity (Wildman–Crippen MR) is 108 cm³/mol. The van der Waals surface area contributed by atoms with E-state index in [-0.39, 0.29) is 12.0 Å². The van der Waals surface area contributed by atoms with E-state index < -0.39 is 0 Å². The summed E-state index contributed by atoms with van der Waals surface area (Å²) < 4.78 is 11.3. The van der Waals surface area contributed by atoms with Gasteiger partial charge >= 0.3 is 0 Å². The van der Waals surface area contributed by atoms with Crippen LogP contribution in [0.3, 0.4) is 0 Å². The van der Waals surface area contributed by atoms with Crippen LogP contribution in [0.15, 0.2) is 72.8 Å². The molecule has 0 radical (unpaired) electrons. The molecule has 0 saturated carbocycles. The predicted octanol–water partition coefficient (Wildman–Crippen LogP) is 6.17. The van der Waals surface area contributed by atoms with Gasteiger partial charge in [0.25, 0.3) is 5.91 Å². The highest BCUT2D eigenvalue weighted by molar-refractivity contribution is 6.30. The Morgan fingerprint density at radius 2 is 1.33 bits per heavy atom. The Balaban J connectivity index is 1.60. The van der Waals surface area contributed by atoms with Crippen molar-refractivity contribution in [2.24, 2.45) is 0 Å². The molecular formula is C22H20ClNO3. The lowest BCUT2D eigenvalue weighted by molar-refractivity contribution is 0.102. The Bertz CT molecular complexity index is 888. The molecule has 0 aromatic heterocycles. The normalized spacial score (nSPS) is 10.5. The molecule has 27 heavy (non-hydrogen) atoms. The number of rotatable bonds is 6. The number of halogens is 1. The molecule has 0 aliphatic carbocycles. The Labute approximate surface area is 163 Å². The number of hydrogen-bond donors (Lipinski definition) is 1. The Kier molecular flexibility index (Phi) is 5.99. The molecule has 0 fully saturated rings. The summed E-state index contributed by atoms with van der Waals surface area (Å²) in [5, 5.41) is 3.52. The van der Waals surface area contributed by atoms with Gasteiger partial charge in [0.2, 0.25) is 0 Å². The molecule has 0 spiro atoms. The second-order valence-corrected chi connectivity index (χ2v) is 6.66. The smallest absolute Gasteiger partial charge is 0.255 e. The van der Waals surface area contributed by atoms with Crippen LogP contribution in [0, 0.1) is 0 Å². The van der Waals surface area contributed by atoms with E-state index in [1.807, 2.05) is 13.8 Å². The molecule has 1 N–H and O–H groups in total. The van der Waals surface area contributed by atoms with Crippen molar-refractivity contribution in [3.63, 3.8) is 0 Å². The van der Waals surface area contributed by atoms with Gasteiger partial charge < -0.3 is 14.8 Å². The maximum atomic E-state index is 12.4. The van der Waals surface area contributed by atoms with E-state index in [9.17, 15) is 4.79 Å². The summed E-state index contributed by atoms with van der Waals surface area (Å²) >= 11 is 5.86. The number of nitrogens with one attached hydrogen (secondary N) is 1. The lowest BCUT2D eigenvalue weighted by atomic mass is 10.2. The first-order valence-electron chi connectivity index (χ1n) is 8.61. The summed E-state index contributed by atoms with van der Waals surface area (Å²) in [5.41, 5.74) is 1.25. The van der Waals surface area contributed by atoms with Crippen LogP contribution in [-0.4, -0.2) is 12.0 Å². The number of carbonyl (C=O) groups is 1. The molecule has 5 heteroatoms. The molecule has 0 saturated heterocycles. The van der Waals surface area contributed by atoms with Crippen LogP contribution in [0.4, 0.5) is 5.69 Å². The van der Waals surface area contributed by atoms with E-state index in [1.54, 1.807) is 72.8 Å². The number of ether oxygens (including phenoxy) is 2. The fraction of sp³-hybridized carbons (Fsp3) is 0.136. The average Bonchev–Trinajstić information content (AvgIpc) is 2.65. The SMILES string of the molecule is CC(C)Oc1ccc(C(=O)Nc2ccc(Oc3ccc(Cl)cc3)cc2)cc1. The van der Waals surface area contributed by atoms with Crippen LogP contribution >= 0.6 is 11.6 Å². The van der Waals surface area contributed by atoms with Crippen molar-refractivity contribution < 1.29 is 14.3 Å². The highest BCUT2D eigenvalue weighted by Crippen LogP contribution is 2.24. The summed E-state index contributed by atoms with van der Waals surface area (Å²) in [6, 6.07) is 21.4. The highest BCUT2D eigenvalue weighted by Gasteiger charge is 2.07. The van der Waals surface area contributed by atoms with Crippen molar-refractivity contribution in [2.45, 2.75) is 20.0 Å². The summed E-state index contributed by atoms with van der Waals surface area (Å²) in [5.74, 6) is 1.92. The molecule has 3 aromatic carbocycles. The van der Waals surface area contributed by atoms with Gasteiger partial charge in [0.05, 0.1) is 6.10 Å². The summed E-state index contributed by atoms with van der Waals surface area (Å²) in [6.45, 7) is 3.92. The standard InChI is InChI=1S/C22H20ClNO3/c1-15(2)26-19-9-3-16(4-10-19)22(25)24-18-7-13-21(14-8-18)27-20-11-5-17(23)6-12-20/h3-15H,1-2H3,(H,24,25). The van der Waals surface area contributed by atoms with E-state index in [0.717, 1.165) is 5.75 Å². The van der Waals surface area contributed by atoms with Gasteiger partial charge in [-0.2, -0.15) is 0 Å². The van der Waals surface area contributed by atoms with E-state index in [4.69, 9.17) is 21.1 Å². The molecule has 0 unspecified atom stereocenters. The van der Waals surface area contributed by atoms with Crippen molar-refractivity contribution in [3.8, 4) is 17.2 Å². The largest absolute Gasteiger partial charge is 0.491 e. The third kappa shape index (κ3) is 5.50. The number of benzene rings is 3. The first-order chi connectivity index (χ1) is 13.0. The number of carbonyl (C=O) groups excluding carboxylic acids is 1. The zero-order valence-electron chi connectivity index (χ0n) is 15.1. The maximum Gasteiger partial charge on any atom is 0.255 e. The quantitative estimate of drug-likeness (QED) is 0.555. The molecule has 3 rings (SSSR count). The number of amides is 1. The molecule has 0 atom stereocenters. The maximum absolute atomic E-state index is 12.4. The highest BCUT2D eigenvalue weighted by atomic mass is 35.5. The fourth-order valence-corrected chi connectivity index (χ4v) is 2.53. The molecule has 3 aromatic rings. The first-order valence-corrected chi connectivity index (χ1v) is 8.99. The zero-order valence-corrected chi connectivity index (χ0v) is 15.9. The second-order valence-electron chi connectivity index (χ2n) is 6.23. The van der Waals surface area contributed by atoms with E-state index in [1.165, 1.54) is 0 Å². The van der Waals surface area contributed by atoms with Crippen LogP contribution in [0.2, 0.25) is 5.02 Å². The first kappa shape index (κ1) is 18.8. The average molecular weight is 382 g/mol.